The van der Waals surface area contributed by atoms with Gasteiger partial charge in [0.2, 0.25) is 15.9 Å². The number of para-hydroxylation sites is 1. The van der Waals surface area contributed by atoms with Crippen LogP contribution in [0.15, 0.2) is 48.5 Å². The number of carbonyl (C=O) groups is 1. The molecule has 0 atom stereocenters. The Morgan fingerprint density at radius 3 is 2.44 bits per heavy atom. The second-order valence-corrected chi connectivity index (χ2v) is 9.58. The molecule has 2 aromatic rings. The maximum atomic E-state index is 12.1. The normalized spacial score (nSPS) is 11.2. The lowest BCUT2D eigenvalue weighted by atomic mass is 10.2. The van der Waals surface area contributed by atoms with Crippen LogP contribution in [0.3, 0.4) is 0 Å². The van der Waals surface area contributed by atoms with Gasteiger partial charge in [0.25, 0.3) is 0 Å². The first-order valence-electron chi connectivity index (χ1n) is 8.08. The molecule has 0 aliphatic heterocycles. The van der Waals surface area contributed by atoms with Crippen LogP contribution in [-0.2, 0) is 20.6 Å². The largest absolute Gasteiger partial charge is 0.354 e. The Bertz CT molecular complexity index is 877. The first-order valence-corrected chi connectivity index (χ1v) is 11.8. The lowest BCUT2D eigenvalue weighted by Crippen LogP contribution is -2.41. The summed E-state index contributed by atoms with van der Waals surface area (Å²) in [6.07, 6.45) is 1.08. The van der Waals surface area contributed by atoms with E-state index in [4.69, 9.17) is 23.2 Å². The van der Waals surface area contributed by atoms with Crippen LogP contribution in [0, 0.1) is 0 Å². The van der Waals surface area contributed by atoms with Gasteiger partial charge in [-0.25, -0.2) is 8.42 Å². The van der Waals surface area contributed by atoms with Crippen molar-refractivity contribution in [2.75, 3.05) is 29.4 Å². The summed E-state index contributed by atoms with van der Waals surface area (Å²) in [5.41, 5.74) is 1.51. The number of halogens is 2. The molecule has 0 saturated carbocycles. The summed E-state index contributed by atoms with van der Waals surface area (Å²) in [4.78, 5) is 12.1. The summed E-state index contributed by atoms with van der Waals surface area (Å²) in [5.74, 6) is 1.09. The molecular formula is C18H20Cl2N2O3S2. The molecule has 27 heavy (non-hydrogen) atoms. The van der Waals surface area contributed by atoms with Crippen LogP contribution in [0.4, 0.5) is 5.69 Å². The van der Waals surface area contributed by atoms with E-state index in [0.717, 1.165) is 21.9 Å². The van der Waals surface area contributed by atoms with E-state index in [9.17, 15) is 13.2 Å². The zero-order valence-corrected chi connectivity index (χ0v) is 17.8. The molecule has 9 heteroatoms. The van der Waals surface area contributed by atoms with Gasteiger partial charge in [0, 0.05) is 18.1 Å². The van der Waals surface area contributed by atoms with Gasteiger partial charge in [0.1, 0.15) is 6.54 Å². The third-order valence-electron chi connectivity index (χ3n) is 3.55. The average molecular weight is 447 g/mol. The molecule has 0 unspecified atom stereocenters. The SMILES string of the molecule is CS(=O)(=O)N(CC(=O)NCCSCc1ccc(Cl)c(Cl)c1)c1ccccc1. The highest BCUT2D eigenvalue weighted by molar-refractivity contribution is 7.98. The molecule has 1 N–H and O–H groups in total. The Morgan fingerprint density at radius 2 is 1.81 bits per heavy atom. The number of carbonyl (C=O) groups excluding carboxylic acids is 1. The summed E-state index contributed by atoms with van der Waals surface area (Å²) in [7, 11) is -3.55. The van der Waals surface area contributed by atoms with E-state index in [0.29, 0.717) is 28.0 Å². The summed E-state index contributed by atoms with van der Waals surface area (Å²) >= 11 is 13.5. The smallest absolute Gasteiger partial charge is 0.240 e. The van der Waals surface area contributed by atoms with E-state index in [2.05, 4.69) is 5.32 Å². The number of nitrogens with zero attached hydrogens (tertiary/aromatic N) is 1. The van der Waals surface area contributed by atoms with E-state index < -0.39 is 10.0 Å². The standard InChI is InChI=1S/C18H20Cl2N2O3S2/c1-27(24,25)22(15-5-3-2-4-6-15)12-18(23)21-9-10-26-13-14-7-8-16(19)17(20)11-14/h2-8,11H,9-10,12-13H2,1H3,(H,21,23). The van der Waals surface area contributed by atoms with E-state index in [1.165, 1.54) is 0 Å². The topological polar surface area (TPSA) is 66.5 Å². The van der Waals surface area contributed by atoms with Gasteiger partial charge in [0.15, 0.2) is 0 Å². The molecule has 0 aliphatic rings. The molecule has 5 nitrogen and oxygen atoms in total. The highest BCUT2D eigenvalue weighted by Gasteiger charge is 2.20. The molecular weight excluding hydrogens is 427 g/mol. The molecule has 0 spiro atoms. The third-order valence-corrected chi connectivity index (χ3v) is 6.46. The number of rotatable bonds is 9. The minimum atomic E-state index is -3.55. The van der Waals surface area contributed by atoms with Crippen molar-refractivity contribution in [3.8, 4) is 0 Å². The number of amides is 1. The molecule has 0 bridgehead atoms. The van der Waals surface area contributed by atoms with E-state index in [1.807, 2.05) is 12.1 Å². The first kappa shape index (κ1) is 21.9. The Kier molecular flexibility index (Phi) is 8.28. The highest BCUT2D eigenvalue weighted by Crippen LogP contribution is 2.24. The fourth-order valence-electron chi connectivity index (χ4n) is 2.26. The number of nitrogens with one attached hydrogen (secondary N) is 1. The quantitative estimate of drug-likeness (QED) is 0.594. The van der Waals surface area contributed by atoms with Gasteiger partial charge in [-0.3, -0.25) is 9.10 Å². The maximum absolute atomic E-state index is 12.1. The van der Waals surface area contributed by atoms with E-state index >= 15 is 0 Å². The third kappa shape index (κ3) is 7.25. The zero-order chi connectivity index (χ0) is 19.9. The predicted molar refractivity (Wildman–Crippen MR) is 114 cm³/mol. The summed E-state index contributed by atoms with van der Waals surface area (Å²) < 4.78 is 25.0. The van der Waals surface area contributed by atoms with Crippen molar-refractivity contribution >= 4 is 56.6 Å². The molecule has 0 aliphatic carbocycles. The summed E-state index contributed by atoms with van der Waals surface area (Å²) in [5, 5.41) is 3.79. The van der Waals surface area contributed by atoms with Gasteiger partial charge in [-0.1, -0.05) is 47.5 Å². The minimum Gasteiger partial charge on any atom is -0.354 e. The van der Waals surface area contributed by atoms with Crippen LogP contribution < -0.4 is 9.62 Å². The number of hydrogen-bond acceptors (Lipinski definition) is 4. The monoisotopic (exact) mass is 446 g/mol. The predicted octanol–water partition coefficient (Wildman–Crippen LogP) is 3.81. The first-order chi connectivity index (χ1) is 12.8. The van der Waals surface area contributed by atoms with Crippen LogP contribution in [-0.4, -0.2) is 39.4 Å². The van der Waals surface area contributed by atoms with Gasteiger partial charge >= 0.3 is 0 Å². The molecule has 146 valence electrons. The Labute approximate surface area is 174 Å². The van der Waals surface area contributed by atoms with E-state index in [1.54, 1.807) is 48.2 Å². The van der Waals surface area contributed by atoms with Crippen molar-refractivity contribution < 1.29 is 13.2 Å². The number of hydrogen-bond donors (Lipinski definition) is 1. The highest BCUT2D eigenvalue weighted by atomic mass is 35.5. The van der Waals surface area contributed by atoms with Gasteiger partial charge in [0.05, 0.1) is 22.0 Å². The Balaban J connectivity index is 1.78. The van der Waals surface area contributed by atoms with Crippen LogP contribution in [0.1, 0.15) is 5.56 Å². The van der Waals surface area contributed by atoms with Crippen LogP contribution in [0.25, 0.3) is 0 Å². The minimum absolute atomic E-state index is 0.250. The fraction of sp³-hybridized carbons (Fsp3) is 0.278. The van der Waals surface area contributed by atoms with Gasteiger partial charge in [-0.15, -0.1) is 0 Å². The van der Waals surface area contributed by atoms with Gasteiger partial charge in [-0.05, 0) is 29.8 Å². The van der Waals surface area contributed by atoms with Crippen molar-refractivity contribution in [1.29, 1.82) is 0 Å². The van der Waals surface area contributed by atoms with Crippen molar-refractivity contribution in [1.82, 2.24) is 5.32 Å². The fourth-order valence-corrected chi connectivity index (χ4v) is 4.25. The molecule has 1 amide bonds. The number of sulfonamides is 1. The number of anilines is 1. The van der Waals surface area contributed by atoms with Crippen molar-refractivity contribution in [2.24, 2.45) is 0 Å². The summed E-state index contributed by atoms with van der Waals surface area (Å²) in [6, 6.07) is 14.0. The zero-order valence-electron chi connectivity index (χ0n) is 14.7. The molecule has 0 saturated heterocycles. The lowest BCUT2D eigenvalue weighted by molar-refractivity contribution is -0.119. The second kappa shape index (κ2) is 10.2. The Morgan fingerprint density at radius 1 is 1.11 bits per heavy atom. The number of thioether (sulfide) groups is 1. The van der Waals surface area contributed by atoms with Crippen molar-refractivity contribution in [2.45, 2.75) is 5.75 Å². The molecule has 2 rings (SSSR count). The molecule has 0 aromatic heterocycles. The van der Waals surface area contributed by atoms with Crippen LogP contribution in [0.5, 0.6) is 0 Å². The van der Waals surface area contributed by atoms with Gasteiger partial charge < -0.3 is 5.32 Å². The van der Waals surface area contributed by atoms with E-state index in [-0.39, 0.29) is 12.5 Å². The summed E-state index contributed by atoms with van der Waals surface area (Å²) in [6.45, 7) is 0.192. The van der Waals surface area contributed by atoms with Crippen LogP contribution in [0.2, 0.25) is 10.0 Å². The lowest BCUT2D eigenvalue weighted by Gasteiger charge is -2.21. The average Bonchev–Trinajstić information content (AvgIpc) is 2.62. The van der Waals surface area contributed by atoms with Crippen molar-refractivity contribution in [3.63, 3.8) is 0 Å². The number of benzene rings is 2. The maximum Gasteiger partial charge on any atom is 0.240 e. The molecule has 0 radical (unpaired) electrons. The van der Waals surface area contributed by atoms with Gasteiger partial charge in [-0.2, -0.15) is 11.8 Å². The molecule has 2 aromatic carbocycles. The molecule has 0 fully saturated rings. The molecule has 0 heterocycles. The second-order valence-electron chi connectivity index (χ2n) is 5.76. The van der Waals surface area contributed by atoms with Crippen molar-refractivity contribution in [3.05, 3.63) is 64.1 Å². The van der Waals surface area contributed by atoms with Crippen LogP contribution >= 0.6 is 35.0 Å². The Hall–Kier alpha value is -1.41.